The Kier molecular flexibility index (Phi) is 35.7. The van der Waals surface area contributed by atoms with Gasteiger partial charge in [0, 0.05) is 13.0 Å². The van der Waals surface area contributed by atoms with E-state index < -0.39 is 59.8 Å². The lowest BCUT2D eigenvalue weighted by atomic mass is 9.99. The molecule has 1 aliphatic heterocycles. The number of esters is 1. The van der Waals surface area contributed by atoms with Crippen LogP contribution in [0.15, 0.2) is 36.5 Å². The lowest BCUT2D eigenvalue weighted by molar-refractivity contribution is -0.301. The number of rotatable bonds is 40. The third-order valence-corrected chi connectivity index (χ3v) is 10.9. The highest BCUT2D eigenvalue weighted by Gasteiger charge is 2.48. The fraction of sp³-hybridized carbons (Fsp3) is 0.848. The maximum atomic E-state index is 12.8. The normalized spacial score (nSPS) is 20.7. The van der Waals surface area contributed by atoms with Crippen LogP contribution in [0.1, 0.15) is 187 Å². The molecule has 0 amide bonds. The van der Waals surface area contributed by atoms with Gasteiger partial charge in [-0.2, -0.15) is 8.42 Å². The van der Waals surface area contributed by atoms with E-state index in [0.29, 0.717) is 13.0 Å². The summed E-state index contributed by atoms with van der Waals surface area (Å²) in [6.45, 7) is 3.90. The van der Waals surface area contributed by atoms with Crippen molar-refractivity contribution in [3.8, 4) is 0 Å². The minimum Gasteiger partial charge on any atom is -0.457 e. The van der Waals surface area contributed by atoms with E-state index in [0.717, 1.165) is 70.6 Å². The van der Waals surface area contributed by atoms with Crippen LogP contribution in [-0.2, 0) is 38.3 Å². The number of hydrogen-bond donors (Lipinski definition) is 4. The van der Waals surface area contributed by atoms with Crippen LogP contribution >= 0.6 is 0 Å². The minimum atomic E-state index is -5.06. The molecule has 4 N–H and O–H groups in total. The average molecular weight is 861 g/mol. The molecule has 59 heavy (non-hydrogen) atoms. The van der Waals surface area contributed by atoms with Crippen LogP contribution in [0.3, 0.4) is 0 Å². The zero-order valence-corrected chi connectivity index (χ0v) is 37.6. The third-order valence-electron chi connectivity index (χ3n) is 10.5. The Bertz CT molecular complexity index is 1180. The summed E-state index contributed by atoms with van der Waals surface area (Å²) in [7, 11) is -5.06. The molecular weight excluding hydrogens is 777 g/mol. The van der Waals surface area contributed by atoms with Gasteiger partial charge in [0.15, 0.2) is 6.29 Å². The second-order valence-electron chi connectivity index (χ2n) is 16.0. The number of carbonyl (C=O) groups excluding carboxylic acids is 1. The lowest BCUT2D eigenvalue weighted by Crippen LogP contribution is -2.60. The van der Waals surface area contributed by atoms with Crippen molar-refractivity contribution in [3.63, 3.8) is 0 Å². The Morgan fingerprint density at radius 2 is 1.15 bits per heavy atom. The summed E-state index contributed by atoms with van der Waals surface area (Å²) < 4.78 is 59.0. The van der Waals surface area contributed by atoms with Crippen molar-refractivity contribution in [2.24, 2.45) is 0 Å². The Labute approximate surface area is 358 Å². The Balaban J connectivity index is 2.35. The minimum absolute atomic E-state index is 0.0310. The van der Waals surface area contributed by atoms with E-state index in [1.165, 1.54) is 89.9 Å². The maximum absolute atomic E-state index is 12.8. The fourth-order valence-corrected chi connectivity index (χ4v) is 7.45. The second kappa shape index (κ2) is 38.0. The van der Waals surface area contributed by atoms with Gasteiger partial charge in [0.1, 0.15) is 30.5 Å². The van der Waals surface area contributed by atoms with Crippen LogP contribution in [0.25, 0.3) is 0 Å². The summed E-state index contributed by atoms with van der Waals surface area (Å²) in [5.41, 5.74) is 0. The molecule has 12 nitrogen and oxygen atoms in total. The first kappa shape index (κ1) is 55.3. The summed E-state index contributed by atoms with van der Waals surface area (Å²) >= 11 is 0. The highest BCUT2D eigenvalue weighted by molar-refractivity contribution is 7.80. The van der Waals surface area contributed by atoms with Gasteiger partial charge in [0.25, 0.3) is 0 Å². The van der Waals surface area contributed by atoms with Gasteiger partial charge < -0.3 is 34.3 Å². The summed E-state index contributed by atoms with van der Waals surface area (Å²) in [6.07, 6.45) is 34.8. The van der Waals surface area contributed by atoms with Crippen molar-refractivity contribution in [2.45, 2.75) is 224 Å². The van der Waals surface area contributed by atoms with Gasteiger partial charge in [-0.1, -0.05) is 153 Å². The van der Waals surface area contributed by atoms with Crippen molar-refractivity contribution in [1.82, 2.24) is 0 Å². The van der Waals surface area contributed by atoms with E-state index in [2.05, 4.69) is 54.5 Å². The van der Waals surface area contributed by atoms with Crippen LogP contribution in [0, 0.1) is 0 Å². The van der Waals surface area contributed by atoms with E-state index in [1.54, 1.807) is 0 Å². The molecule has 1 heterocycles. The Morgan fingerprint density at radius 3 is 1.69 bits per heavy atom. The molecule has 0 bridgehead atoms. The van der Waals surface area contributed by atoms with Crippen LogP contribution in [0.2, 0.25) is 0 Å². The first-order valence-electron chi connectivity index (χ1n) is 23.2. The predicted octanol–water partition coefficient (Wildman–Crippen LogP) is 9.80. The predicted molar refractivity (Wildman–Crippen MR) is 234 cm³/mol. The summed E-state index contributed by atoms with van der Waals surface area (Å²) in [5, 5.41) is 30.6. The summed E-state index contributed by atoms with van der Waals surface area (Å²) in [5.74, 6) is -0.412. The molecule has 1 saturated heterocycles. The van der Waals surface area contributed by atoms with Crippen LogP contribution in [-0.4, -0.2) is 97.5 Å². The summed E-state index contributed by atoms with van der Waals surface area (Å²) in [4.78, 5) is 12.8. The van der Waals surface area contributed by atoms with Crippen molar-refractivity contribution in [1.29, 1.82) is 0 Å². The quantitative estimate of drug-likeness (QED) is 0.0199. The smallest absolute Gasteiger partial charge is 0.397 e. The molecule has 1 rings (SSSR count). The topological polar surface area (TPSA) is 178 Å². The van der Waals surface area contributed by atoms with Gasteiger partial charge in [-0.3, -0.25) is 9.35 Å². The third kappa shape index (κ3) is 31.8. The number of ether oxygens (including phenoxy) is 4. The van der Waals surface area contributed by atoms with E-state index in [4.69, 9.17) is 23.5 Å². The molecule has 346 valence electrons. The van der Waals surface area contributed by atoms with Crippen molar-refractivity contribution in [3.05, 3.63) is 36.5 Å². The van der Waals surface area contributed by atoms with E-state index in [1.807, 2.05) is 0 Å². The Morgan fingerprint density at radius 1 is 0.644 bits per heavy atom. The zero-order chi connectivity index (χ0) is 43.2. The molecular formula is C46H84O12S. The fourth-order valence-electron chi connectivity index (χ4n) is 6.94. The molecule has 1 aliphatic rings. The molecule has 0 saturated carbocycles. The summed E-state index contributed by atoms with van der Waals surface area (Å²) in [6, 6.07) is 0. The van der Waals surface area contributed by atoms with Gasteiger partial charge >= 0.3 is 16.4 Å². The number of aliphatic hydroxyl groups excluding tert-OH is 3. The number of aliphatic hydroxyl groups is 3. The van der Waals surface area contributed by atoms with Crippen molar-refractivity contribution >= 4 is 16.4 Å². The van der Waals surface area contributed by atoms with Gasteiger partial charge in [-0.15, -0.1) is 0 Å². The highest BCUT2D eigenvalue weighted by atomic mass is 32.3. The molecule has 0 aliphatic carbocycles. The monoisotopic (exact) mass is 861 g/mol. The first-order chi connectivity index (χ1) is 28.6. The van der Waals surface area contributed by atoms with Crippen molar-refractivity contribution < 1.29 is 56.2 Å². The SMILES string of the molecule is CCC/C=C\CCCCCCCC(=O)OC(COCCCCCCCCCCCC/C=C\C/C=C\CCCCCCC)COC1OC(CO)C(O)C(OS(=O)(=O)O)C1O. The molecule has 6 unspecified atom stereocenters. The van der Waals surface area contributed by atoms with E-state index >= 15 is 0 Å². The zero-order valence-electron chi connectivity index (χ0n) is 36.8. The standard InChI is InChI=1S/C46H84O12S/c1-3-5-7-9-11-13-15-16-17-18-19-20-21-22-23-24-25-26-28-30-32-34-36-54-38-40(56-42(48)35-33-31-29-27-14-12-10-8-6-4-2)39-55-46-44(50)45(58-59(51,52)53)43(49)41(37-47)57-46/h8,10,15-16,18-19,40-41,43-47,49-50H,3-7,9,11-14,17,20-39H2,1-2H3,(H,51,52,53)/b10-8-,16-15-,19-18-. The Hall–Kier alpha value is -1.68. The molecule has 0 aromatic heterocycles. The molecule has 0 spiro atoms. The van der Waals surface area contributed by atoms with Crippen LogP contribution < -0.4 is 0 Å². The van der Waals surface area contributed by atoms with E-state index in [9.17, 15) is 28.5 Å². The first-order valence-corrected chi connectivity index (χ1v) is 24.6. The molecule has 0 radical (unpaired) electrons. The number of allylic oxidation sites excluding steroid dienone is 6. The molecule has 0 aromatic rings. The lowest BCUT2D eigenvalue weighted by Gasteiger charge is -2.41. The second-order valence-corrected chi connectivity index (χ2v) is 17.0. The van der Waals surface area contributed by atoms with Gasteiger partial charge in [0.2, 0.25) is 0 Å². The van der Waals surface area contributed by atoms with Crippen molar-refractivity contribution in [2.75, 3.05) is 26.4 Å². The molecule has 13 heteroatoms. The number of carbonyl (C=O) groups is 1. The number of unbranched alkanes of at least 4 members (excludes halogenated alkanes) is 21. The van der Waals surface area contributed by atoms with Gasteiger partial charge in [-0.25, -0.2) is 4.18 Å². The highest BCUT2D eigenvalue weighted by Crippen LogP contribution is 2.26. The average Bonchev–Trinajstić information content (AvgIpc) is 3.20. The maximum Gasteiger partial charge on any atom is 0.397 e. The number of hydrogen-bond acceptors (Lipinski definition) is 11. The molecule has 6 atom stereocenters. The van der Waals surface area contributed by atoms with Crippen LogP contribution in [0.5, 0.6) is 0 Å². The van der Waals surface area contributed by atoms with E-state index in [-0.39, 0.29) is 19.6 Å². The molecule has 0 aromatic carbocycles. The van der Waals surface area contributed by atoms with Gasteiger partial charge in [-0.05, 0) is 64.2 Å². The van der Waals surface area contributed by atoms with Gasteiger partial charge in [0.05, 0.1) is 19.8 Å². The largest absolute Gasteiger partial charge is 0.457 e. The van der Waals surface area contributed by atoms with Crippen LogP contribution in [0.4, 0.5) is 0 Å². The molecule has 1 fully saturated rings.